The van der Waals surface area contributed by atoms with E-state index in [2.05, 4.69) is 9.88 Å². The van der Waals surface area contributed by atoms with Gasteiger partial charge in [0.25, 0.3) is 0 Å². The van der Waals surface area contributed by atoms with Gasteiger partial charge in [-0.05, 0) is 37.1 Å². The Morgan fingerprint density at radius 3 is 2.74 bits per heavy atom. The summed E-state index contributed by atoms with van der Waals surface area (Å²) >= 11 is 12.6. The highest BCUT2D eigenvalue weighted by Crippen LogP contribution is 2.40. The van der Waals surface area contributed by atoms with E-state index in [1.807, 2.05) is 12.1 Å². The molecule has 118 valence electrons. The number of nitrogens with zero attached hydrogens (tertiary/aromatic N) is 3. The van der Waals surface area contributed by atoms with E-state index >= 15 is 0 Å². The largest absolute Gasteiger partial charge is 0.343 e. The summed E-state index contributed by atoms with van der Waals surface area (Å²) in [6.07, 6.45) is 3.64. The van der Waals surface area contributed by atoms with Crippen molar-refractivity contribution < 1.29 is 4.79 Å². The Morgan fingerprint density at radius 2 is 1.96 bits per heavy atom. The lowest BCUT2D eigenvalue weighted by atomic mass is 10.1. The molecule has 0 saturated carbocycles. The third kappa shape index (κ3) is 2.37. The second-order valence-electron chi connectivity index (χ2n) is 5.82. The van der Waals surface area contributed by atoms with E-state index in [1.54, 1.807) is 29.3 Å². The molecule has 2 aliphatic rings. The smallest absolute Gasteiger partial charge is 0.250 e. The minimum absolute atomic E-state index is 0.0963. The number of carbonyl (C=O) groups is 1. The maximum atomic E-state index is 13.0. The Labute approximate surface area is 144 Å². The van der Waals surface area contributed by atoms with Crippen molar-refractivity contribution in [3.8, 4) is 0 Å². The molecule has 6 heteroatoms. The van der Waals surface area contributed by atoms with Crippen molar-refractivity contribution in [3.63, 3.8) is 0 Å². The second-order valence-corrected chi connectivity index (χ2v) is 6.64. The average Bonchev–Trinajstić information content (AvgIpc) is 3.04. The molecule has 0 radical (unpaired) electrons. The number of fused-ring (bicyclic) bond motifs is 3. The first kappa shape index (κ1) is 14.8. The van der Waals surface area contributed by atoms with Crippen molar-refractivity contribution in [2.24, 2.45) is 0 Å². The predicted octanol–water partition coefficient (Wildman–Crippen LogP) is 3.90. The molecule has 0 spiro atoms. The predicted molar refractivity (Wildman–Crippen MR) is 92.3 cm³/mol. The maximum absolute atomic E-state index is 13.0. The van der Waals surface area contributed by atoms with E-state index in [0.29, 0.717) is 16.6 Å². The fourth-order valence-electron chi connectivity index (χ4n) is 3.40. The zero-order valence-corrected chi connectivity index (χ0v) is 13.9. The van der Waals surface area contributed by atoms with Gasteiger partial charge in [0.05, 0.1) is 12.2 Å². The van der Waals surface area contributed by atoms with Gasteiger partial charge in [0, 0.05) is 28.4 Å². The van der Waals surface area contributed by atoms with Crippen LogP contribution in [0, 0.1) is 0 Å². The van der Waals surface area contributed by atoms with Crippen molar-refractivity contribution in [1.29, 1.82) is 0 Å². The van der Waals surface area contributed by atoms with Gasteiger partial charge in [-0.25, -0.2) is 4.98 Å². The highest BCUT2D eigenvalue weighted by molar-refractivity contribution is 6.36. The molecule has 2 aromatic rings. The highest BCUT2D eigenvalue weighted by atomic mass is 35.5. The Morgan fingerprint density at radius 1 is 1.17 bits per heavy atom. The van der Waals surface area contributed by atoms with Crippen LogP contribution < -0.4 is 9.80 Å². The van der Waals surface area contributed by atoms with Gasteiger partial charge in [0.1, 0.15) is 6.04 Å². The summed E-state index contributed by atoms with van der Waals surface area (Å²) in [4.78, 5) is 21.3. The molecule has 4 nitrogen and oxygen atoms in total. The molecule has 3 heterocycles. The first-order valence-electron chi connectivity index (χ1n) is 7.63. The van der Waals surface area contributed by atoms with Crippen LogP contribution in [0.5, 0.6) is 0 Å². The number of amides is 1. The SMILES string of the molecule is O=C1[C@@H]2CCCN2c2ncccc2N1Cc1c(Cl)cccc1Cl. The standard InChI is InChI=1S/C17H15Cl2N3O/c18-12-4-1-5-13(19)11(12)10-22-14-6-2-8-20-16(14)21-9-3-7-15(21)17(22)23/h1-2,4-6,8,15H,3,7,9-10H2/t15-/m0/s1. The minimum atomic E-state index is -0.126. The number of carbonyl (C=O) groups excluding carboxylic acids is 1. The Bertz CT molecular complexity index is 760. The number of halogens is 2. The molecule has 1 aromatic carbocycles. The van der Waals surface area contributed by atoms with Gasteiger partial charge in [-0.15, -0.1) is 0 Å². The molecule has 2 aliphatic heterocycles. The molecule has 1 amide bonds. The summed E-state index contributed by atoms with van der Waals surface area (Å²) < 4.78 is 0. The zero-order chi connectivity index (χ0) is 16.0. The van der Waals surface area contributed by atoms with Gasteiger partial charge in [-0.1, -0.05) is 29.3 Å². The van der Waals surface area contributed by atoms with Gasteiger partial charge >= 0.3 is 0 Å². The molecule has 23 heavy (non-hydrogen) atoms. The number of benzene rings is 1. The highest BCUT2D eigenvalue weighted by Gasteiger charge is 2.41. The van der Waals surface area contributed by atoms with Crippen molar-refractivity contribution in [2.75, 3.05) is 16.3 Å². The van der Waals surface area contributed by atoms with Crippen LogP contribution in [0.25, 0.3) is 0 Å². The summed E-state index contributed by atoms with van der Waals surface area (Å²) in [5.74, 6) is 0.969. The van der Waals surface area contributed by atoms with Crippen LogP contribution in [-0.4, -0.2) is 23.5 Å². The molecular weight excluding hydrogens is 333 g/mol. The van der Waals surface area contributed by atoms with Crippen LogP contribution >= 0.6 is 23.2 Å². The van der Waals surface area contributed by atoms with Gasteiger partial charge in [-0.2, -0.15) is 0 Å². The van der Waals surface area contributed by atoms with E-state index in [0.717, 1.165) is 36.5 Å². The summed E-state index contributed by atoms with van der Waals surface area (Å²) in [6.45, 7) is 1.24. The quantitative estimate of drug-likeness (QED) is 0.826. The molecule has 1 saturated heterocycles. The lowest BCUT2D eigenvalue weighted by Crippen LogP contribution is -2.50. The van der Waals surface area contributed by atoms with Crippen LogP contribution in [0.3, 0.4) is 0 Å². The first-order chi connectivity index (χ1) is 11.2. The average molecular weight is 348 g/mol. The molecule has 0 aliphatic carbocycles. The topological polar surface area (TPSA) is 36.4 Å². The monoisotopic (exact) mass is 347 g/mol. The van der Waals surface area contributed by atoms with E-state index in [1.165, 1.54) is 0 Å². The number of rotatable bonds is 2. The molecular formula is C17H15Cl2N3O. The lowest BCUT2D eigenvalue weighted by molar-refractivity contribution is -0.120. The third-order valence-electron chi connectivity index (χ3n) is 4.51. The summed E-state index contributed by atoms with van der Waals surface area (Å²) in [6, 6.07) is 9.05. The summed E-state index contributed by atoms with van der Waals surface area (Å²) in [7, 11) is 0. The maximum Gasteiger partial charge on any atom is 0.250 e. The lowest BCUT2D eigenvalue weighted by Gasteiger charge is -2.38. The van der Waals surface area contributed by atoms with Crippen LogP contribution in [0.4, 0.5) is 11.5 Å². The fourth-order valence-corrected chi connectivity index (χ4v) is 3.92. The zero-order valence-electron chi connectivity index (χ0n) is 12.4. The molecule has 0 unspecified atom stereocenters. The minimum Gasteiger partial charge on any atom is -0.343 e. The fraction of sp³-hybridized carbons (Fsp3) is 0.294. The number of hydrogen-bond donors (Lipinski definition) is 0. The van der Waals surface area contributed by atoms with Crippen LogP contribution in [-0.2, 0) is 11.3 Å². The molecule has 0 N–H and O–H groups in total. The number of pyridine rings is 1. The van der Waals surface area contributed by atoms with Gasteiger partial charge < -0.3 is 9.80 Å². The van der Waals surface area contributed by atoms with E-state index < -0.39 is 0 Å². The molecule has 0 bridgehead atoms. The summed E-state index contributed by atoms with van der Waals surface area (Å²) in [5.41, 5.74) is 1.59. The number of aromatic nitrogens is 1. The van der Waals surface area contributed by atoms with Crippen molar-refractivity contribution in [2.45, 2.75) is 25.4 Å². The molecule has 4 rings (SSSR count). The summed E-state index contributed by atoms with van der Waals surface area (Å²) in [5, 5.41) is 1.15. The van der Waals surface area contributed by atoms with Gasteiger partial charge in [-0.3, -0.25) is 4.79 Å². The van der Waals surface area contributed by atoms with Gasteiger partial charge in [0.2, 0.25) is 5.91 Å². The van der Waals surface area contributed by atoms with Crippen LogP contribution in [0.1, 0.15) is 18.4 Å². The third-order valence-corrected chi connectivity index (χ3v) is 5.22. The van der Waals surface area contributed by atoms with E-state index in [-0.39, 0.29) is 11.9 Å². The van der Waals surface area contributed by atoms with Gasteiger partial charge in [0.15, 0.2) is 5.82 Å². The Kier molecular flexibility index (Phi) is 3.66. The van der Waals surface area contributed by atoms with Crippen molar-refractivity contribution in [3.05, 3.63) is 52.1 Å². The molecule has 1 atom stereocenters. The van der Waals surface area contributed by atoms with Crippen LogP contribution in [0.2, 0.25) is 10.0 Å². The number of hydrogen-bond acceptors (Lipinski definition) is 3. The van der Waals surface area contributed by atoms with Crippen LogP contribution in [0.15, 0.2) is 36.5 Å². The molecule has 1 aromatic heterocycles. The van der Waals surface area contributed by atoms with E-state index in [9.17, 15) is 4.79 Å². The van der Waals surface area contributed by atoms with Crippen molar-refractivity contribution >= 4 is 40.6 Å². The molecule has 1 fully saturated rings. The second kappa shape index (κ2) is 5.69. The van der Waals surface area contributed by atoms with Crippen molar-refractivity contribution in [1.82, 2.24) is 4.98 Å². The number of anilines is 2. The Balaban J connectivity index is 1.79. The normalized spacial score (nSPS) is 19.7. The Hall–Kier alpha value is -1.78. The first-order valence-corrected chi connectivity index (χ1v) is 8.38. The van der Waals surface area contributed by atoms with E-state index in [4.69, 9.17) is 23.2 Å².